The van der Waals surface area contributed by atoms with E-state index in [9.17, 15) is 0 Å². The smallest absolute Gasteiger partial charge is 0.0139 e. The average molecular weight is 264 g/mol. The molecule has 0 aromatic heterocycles. The molecule has 0 spiro atoms. The third kappa shape index (κ3) is 3.00. The van der Waals surface area contributed by atoms with Crippen LogP contribution in [0, 0.1) is 11.8 Å². The molecule has 1 aliphatic heterocycles. The maximum absolute atomic E-state index is 6.11. The van der Waals surface area contributed by atoms with Gasteiger partial charge >= 0.3 is 0 Å². The molecule has 4 atom stereocenters. The summed E-state index contributed by atoms with van der Waals surface area (Å²) in [6.07, 6.45) is 16.0. The van der Waals surface area contributed by atoms with Gasteiger partial charge in [0.15, 0.2) is 0 Å². The number of likely N-dealkylation sites (tertiary alicyclic amines) is 1. The molecule has 2 N–H and O–H groups in total. The SMILES string of the molecule is NCC1CCCCCC1N1CCC[C@H]2CCCC[C@H]21. The second-order valence-electron chi connectivity index (χ2n) is 7.19. The Kier molecular flexibility index (Phi) is 4.81. The van der Waals surface area contributed by atoms with Crippen LogP contribution >= 0.6 is 0 Å². The predicted molar refractivity (Wildman–Crippen MR) is 81.1 cm³/mol. The molecule has 2 unspecified atom stereocenters. The van der Waals surface area contributed by atoms with Crippen LogP contribution < -0.4 is 5.73 Å². The van der Waals surface area contributed by atoms with E-state index in [4.69, 9.17) is 5.73 Å². The summed E-state index contributed by atoms with van der Waals surface area (Å²) in [5.41, 5.74) is 6.11. The molecular formula is C17H32N2. The summed E-state index contributed by atoms with van der Waals surface area (Å²) < 4.78 is 0. The van der Waals surface area contributed by atoms with E-state index in [1.807, 2.05) is 0 Å². The zero-order chi connectivity index (χ0) is 13.1. The largest absolute Gasteiger partial charge is 0.330 e. The summed E-state index contributed by atoms with van der Waals surface area (Å²) in [7, 11) is 0. The minimum atomic E-state index is 0.781. The molecule has 1 saturated heterocycles. The molecule has 2 saturated carbocycles. The summed E-state index contributed by atoms with van der Waals surface area (Å²) in [6.45, 7) is 2.28. The minimum Gasteiger partial charge on any atom is -0.330 e. The van der Waals surface area contributed by atoms with E-state index in [2.05, 4.69) is 4.90 Å². The Morgan fingerprint density at radius 3 is 2.32 bits per heavy atom. The van der Waals surface area contributed by atoms with Gasteiger partial charge in [-0.05, 0) is 63.5 Å². The number of hydrogen-bond acceptors (Lipinski definition) is 2. The summed E-state index contributed by atoms with van der Waals surface area (Å²) in [6, 6.07) is 1.73. The van der Waals surface area contributed by atoms with Crippen molar-refractivity contribution < 1.29 is 0 Å². The van der Waals surface area contributed by atoms with Crippen LogP contribution in [0.5, 0.6) is 0 Å². The van der Waals surface area contributed by atoms with E-state index in [0.29, 0.717) is 0 Å². The quantitative estimate of drug-likeness (QED) is 0.773. The first-order valence-electron chi connectivity index (χ1n) is 8.86. The van der Waals surface area contributed by atoms with Gasteiger partial charge in [0.05, 0.1) is 0 Å². The van der Waals surface area contributed by atoms with Gasteiger partial charge in [0, 0.05) is 12.1 Å². The molecular weight excluding hydrogens is 232 g/mol. The molecule has 3 rings (SSSR count). The lowest BCUT2D eigenvalue weighted by Gasteiger charge is -2.49. The Morgan fingerprint density at radius 2 is 1.42 bits per heavy atom. The number of rotatable bonds is 2. The number of nitrogens with zero attached hydrogens (tertiary/aromatic N) is 1. The number of piperidine rings is 1. The van der Waals surface area contributed by atoms with Gasteiger partial charge in [-0.25, -0.2) is 0 Å². The summed E-state index contributed by atoms with van der Waals surface area (Å²) in [4.78, 5) is 2.94. The normalized spacial score (nSPS) is 41.5. The fraction of sp³-hybridized carbons (Fsp3) is 1.00. The number of nitrogens with two attached hydrogens (primary N) is 1. The van der Waals surface area contributed by atoms with Crippen molar-refractivity contribution in [2.24, 2.45) is 17.6 Å². The lowest BCUT2D eigenvalue weighted by molar-refractivity contribution is 0.00328. The van der Waals surface area contributed by atoms with Crippen LogP contribution in [0.2, 0.25) is 0 Å². The van der Waals surface area contributed by atoms with E-state index in [-0.39, 0.29) is 0 Å². The fourth-order valence-corrected chi connectivity index (χ4v) is 5.15. The zero-order valence-electron chi connectivity index (χ0n) is 12.5. The number of fused-ring (bicyclic) bond motifs is 1. The van der Waals surface area contributed by atoms with Crippen LogP contribution in [-0.2, 0) is 0 Å². The first kappa shape index (κ1) is 13.9. The van der Waals surface area contributed by atoms with Crippen molar-refractivity contribution in [2.75, 3.05) is 13.1 Å². The molecule has 1 heterocycles. The van der Waals surface area contributed by atoms with E-state index in [1.165, 1.54) is 77.2 Å². The van der Waals surface area contributed by atoms with E-state index >= 15 is 0 Å². The van der Waals surface area contributed by atoms with Gasteiger partial charge < -0.3 is 5.73 Å². The van der Waals surface area contributed by atoms with Crippen LogP contribution in [0.15, 0.2) is 0 Å². The predicted octanol–water partition coefficient (Wildman–Crippen LogP) is 3.55. The molecule has 0 radical (unpaired) electrons. The molecule has 0 bridgehead atoms. The molecule has 2 heteroatoms. The van der Waals surface area contributed by atoms with E-state index < -0.39 is 0 Å². The Balaban J connectivity index is 1.73. The molecule has 3 fully saturated rings. The van der Waals surface area contributed by atoms with Gasteiger partial charge in [0.25, 0.3) is 0 Å². The highest BCUT2D eigenvalue weighted by Crippen LogP contribution is 2.39. The van der Waals surface area contributed by atoms with Crippen molar-refractivity contribution >= 4 is 0 Å². The van der Waals surface area contributed by atoms with Crippen LogP contribution in [0.3, 0.4) is 0 Å². The Hall–Kier alpha value is -0.0800. The maximum atomic E-state index is 6.11. The number of hydrogen-bond donors (Lipinski definition) is 1. The lowest BCUT2D eigenvalue weighted by Crippen LogP contribution is -2.54. The summed E-state index contributed by atoms with van der Waals surface area (Å²) in [5.74, 6) is 1.80. The van der Waals surface area contributed by atoms with E-state index in [0.717, 1.165) is 30.5 Å². The highest BCUT2D eigenvalue weighted by atomic mass is 15.2. The van der Waals surface area contributed by atoms with Crippen molar-refractivity contribution in [2.45, 2.75) is 82.7 Å². The first-order valence-corrected chi connectivity index (χ1v) is 8.86. The van der Waals surface area contributed by atoms with Gasteiger partial charge in [0.2, 0.25) is 0 Å². The Morgan fingerprint density at radius 1 is 0.737 bits per heavy atom. The molecule has 19 heavy (non-hydrogen) atoms. The van der Waals surface area contributed by atoms with Crippen molar-refractivity contribution in [3.8, 4) is 0 Å². The average Bonchev–Trinajstić information content (AvgIpc) is 2.71. The molecule has 3 aliphatic rings. The summed E-state index contributed by atoms with van der Waals surface area (Å²) >= 11 is 0. The van der Waals surface area contributed by atoms with Gasteiger partial charge in [-0.3, -0.25) is 4.90 Å². The van der Waals surface area contributed by atoms with Crippen LogP contribution in [0.25, 0.3) is 0 Å². The van der Waals surface area contributed by atoms with Crippen molar-refractivity contribution in [1.29, 1.82) is 0 Å². The topological polar surface area (TPSA) is 29.3 Å². The molecule has 110 valence electrons. The molecule has 0 amide bonds. The highest BCUT2D eigenvalue weighted by Gasteiger charge is 2.38. The van der Waals surface area contributed by atoms with Gasteiger partial charge in [-0.15, -0.1) is 0 Å². The second kappa shape index (κ2) is 6.58. The minimum absolute atomic E-state index is 0.781. The third-order valence-electron chi connectivity index (χ3n) is 6.13. The summed E-state index contributed by atoms with van der Waals surface area (Å²) in [5, 5.41) is 0. The standard InChI is InChI=1S/C17H32N2/c18-13-15-8-2-1-3-10-17(15)19-12-6-9-14-7-4-5-11-16(14)19/h14-17H,1-13,18H2/t14-,15?,16-,17?/m1/s1. The van der Waals surface area contributed by atoms with Crippen LogP contribution in [-0.4, -0.2) is 30.1 Å². The van der Waals surface area contributed by atoms with Gasteiger partial charge in [0.1, 0.15) is 0 Å². The highest BCUT2D eigenvalue weighted by molar-refractivity contribution is 4.93. The first-order chi connectivity index (χ1) is 9.40. The van der Waals surface area contributed by atoms with Gasteiger partial charge in [-0.2, -0.15) is 0 Å². The molecule has 0 aromatic rings. The Bertz CT molecular complexity index is 276. The molecule has 2 aliphatic carbocycles. The van der Waals surface area contributed by atoms with E-state index in [1.54, 1.807) is 0 Å². The van der Waals surface area contributed by atoms with Crippen molar-refractivity contribution in [3.63, 3.8) is 0 Å². The third-order valence-corrected chi connectivity index (χ3v) is 6.13. The molecule has 2 nitrogen and oxygen atoms in total. The zero-order valence-corrected chi connectivity index (χ0v) is 12.5. The monoisotopic (exact) mass is 264 g/mol. The van der Waals surface area contributed by atoms with Crippen LogP contribution in [0.4, 0.5) is 0 Å². The fourth-order valence-electron chi connectivity index (χ4n) is 5.15. The Labute approximate surface area is 119 Å². The van der Waals surface area contributed by atoms with Crippen LogP contribution in [0.1, 0.15) is 70.6 Å². The maximum Gasteiger partial charge on any atom is 0.0139 e. The van der Waals surface area contributed by atoms with Gasteiger partial charge in [-0.1, -0.05) is 32.1 Å². The lowest BCUT2D eigenvalue weighted by atomic mass is 9.76. The van der Waals surface area contributed by atoms with Crippen molar-refractivity contribution in [3.05, 3.63) is 0 Å². The second-order valence-corrected chi connectivity index (χ2v) is 7.19. The van der Waals surface area contributed by atoms with Crippen molar-refractivity contribution in [1.82, 2.24) is 4.90 Å². The molecule has 0 aromatic carbocycles.